The number of piperazine rings is 1. The highest BCUT2D eigenvalue weighted by atomic mass is 16.3. The van der Waals surface area contributed by atoms with E-state index in [1.165, 1.54) is 0 Å². The quantitative estimate of drug-likeness (QED) is 0.749. The van der Waals surface area contributed by atoms with Crippen molar-refractivity contribution in [3.05, 3.63) is 23.7 Å². The van der Waals surface area contributed by atoms with Gasteiger partial charge < -0.3 is 14.6 Å². The van der Waals surface area contributed by atoms with Crippen LogP contribution in [0, 0.1) is 6.92 Å². The molecule has 0 bridgehead atoms. The first-order valence-electron chi connectivity index (χ1n) is 5.25. The van der Waals surface area contributed by atoms with E-state index >= 15 is 0 Å². The number of rotatable bonds is 1. The van der Waals surface area contributed by atoms with Gasteiger partial charge in [0.1, 0.15) is 5.76 Å². The Morgan fingerprint density at radius 1 is 1.67 bits per heavy atom. The van der Waals surface area contributed by atoms with Crippen molar-refractivity contribution in [3.8, 4) is 0 Å². The van der Waals surface area contributed by atoms with Crippen LogP contribution in [0.5, 0.6) is 0 Å². The minimum Gasteiger partial charge on any atom is -0.469 e. The monoisotopic (exact) mass is 208 g/mol. The number of aryl methyl sites for hydroxylation is 1. The molecule has 1 aliphatic rings. The summed E-state index contributed by atoms with van der Waals surface area (Å²) in [5, 5.41) is 3.31. The highest BCUT2D eigenvalue weighted by Crippen LogP contribution is 2.13. The van der Waals surface area contributed by atoms with E-state index in [4.69, 9.17) is 4.42 Å². The Balaban J connectivity index is 2.11. The summed E-state index contributed by atoms with van der Waals surface area (Å²) in [6, 6.07) is 2.11. The van der Waals surface area contributed by atoms with E-state index < -0.39 is 0 Å². The van der Waals surface area contributed by atoms with Gasteiger partial charge in [-0.2, -0.15) is 0 Å². The number of nitrogens with one attached hydrogen (secondary N) is 1. The zero-order valence-electron chi connectivity index (χ0n) is 9.12. The highest BCUT2D eigenvalue weighted by Gasteiger charge is 2.23. The van der Waals surface area contributed by atoms with Gasteiger partial charge in [0, 0.05) is 25.7 Å². The third-order valence-electron chi connectivity index (χ3n) is 2.75. The molecule has 2 rings (SSSR count). The molecule has 1 saturated heterocycles. The summed E-state index contributed by atoms with van der Waals surface area (Å²) < 4.78 is 5.14. The van der Waals surface area contributed by atoms with E-state index in [0.29, 0.717) is 17.4 Å². The maximum Gasteiger partial charge on any atom is 0.257 e. The molecule has 1 fully saturated rings. The third-order valence-corrected chi connectivity index (χ3v) is 2.75. The SMILES string of the molecule is Cc1occc1C(=O)N1CCN[C@H](C)C1. The summed E-state index contributed by atoms with van der Waals surface area (Å²) in [4.78, 5) is 13.9. The standard InChI is InChI=1S/C11H16N2O2/c1-8-7-13(5-4-12-8)11(14)10-3-6-15-9(10)2/h3,6,8,12H,4-5,7H2,1-2H3/t8-/m1/s1. The molecule has 0 saturated carbocycles. The van der Waals surface area contributed by atoms with E-state index in [0.717, 1.165) is 19.6 Å². The number of hydrogen-bond acceptors (Lipinski definition) is 3. The van der Waals surface area contributed by atoms with Crippen LogP contribution in [0.4, 0.5) is 0 Å². The number of carbonyl (C=O) groups is 1. The fourth-order valence-electron chi connectivity index (χ4n) is 1.89. The summed E-state index contributed by atoms with van der Waals surface area (Å²) in [5.41, 5.74) is 0.684. The second kappa shape index (κ2) is 4.06. The minimum atomic E-state index is 0.0783. The molecule has 0 aliphatic carbocycles. The molecule has 0 aromatic carbocycles. The van der Waals surface area contributed by atoms with Crippen molar-refractivity contribution < 1.29 is 9.21 Å². The van der Waals surface area contributed by atoms with Crippen LogP contribution in [0.1, 0.15) is 23.0 Å². The van der Waals surface area contributed by atoms with Gasteiger partial charge in [0.05, 0.1) is 11.8 Å². The molecule has 0 spiro atoms. The lowest BCUT2D eigenvalue weighted by Crippen LogP contribution is -2.51. The van der Waals surface area contributed by atoms with Gasteiger partial charge in [0.25, 0.3) is 5.91 Å². The number of carbonyl (C=O) groups excluding carboxylic acids is 1. The van der Waals surface area contributed by atoms with Crippen LogP contribution in [0.15, 0.2) is 16.7 Å². The Hall–Kier alpha value is -1.29. The van der Waals surface area contributed by atoms with Gasteiger partial charge in [0.15, 0.2) is 0 Å². The molecule has 0 unspecified atom stereocenters. The number of furan rings is 1. The van der Waals surface area contributed by atoms with Crippen molar-refractivity contribution in [3.63, 3.8) is 0 Å². The molecular weight excluding hydrogens is 192 g/mol. The first-order chi connectivity index (χ1) is 7.18. The lowest BCUT2D eigenvalue weighted by molar-refractivity contribution is 0.0707. The van der Waals surface area contributed by atoms with Gasteiger partial charge in [-0.15, -0.1) is 0 Å². The van der Waals surface area contributed by atoms with Crippen molar-refractivity contribution >= 4 is 5.91 Å². The average molecular weight is 208 g/mol. The maximum absolute atomic E-state index is 12.1. The molecule has 4 nitrogen and oxygen atoms in total. The van der Waals surface area contributed by atoms with Gasteiger partial charge >= 0.3 is 0 Å². The summed E-state index contributed by atoms with van der Waals surface area (Å²) in [7, 11) is 0. The molecule has 1 atom stereocenters. The van der Waals surface area contributed by atoms with Crippen molar-refractivity contribution in [2.75, 3.05) is 19.6 Å². The Kier molecular flexibility index (Phi) is 2.77. The van der Waals surface area contributed by atoms with Crippen LogP contribution < -0.4 is 5.32 Å². The molecule has 1 aromatic rings. The van der Waals surface area contributed by atoms with Crippen LogP contribution in [0.25, 0.3) is 0 Å². The largest absolute Gasteiger partial charge is 0.469 e. The summed E-state index contributed by atoms with van der Waals surface area (Å²) in [6.07, 6.45) is 1.56. The summed E-state index contributed by atoms with van der Waals surface area (Å²) >= 11 is 0. The van der Waals surface area contributed by atoms with Crippen LogP contribution in [0.2, 0.25) is 0 Å². The van der Waals surface area contributed by atoms with Gasteiger partial charge in [-0.25, -0.2) is 0 Å². The molecule has 0 radical (unpaired) electrons. The van der Waals surface area contributed by atoms with Crippen LogP contribution >= 0.6 is 0 Å². The first kappa shape index (κ1) is 10.2. The van der Waals surface area contributed by atoms with Crippen molar-refractivity contribution in [2.45, 2.75) is 19.9 Å². The van der Waals surface area contributed by atoms with E-state index in [2.05, 4.69) is 12.2 Å². The second-order valence-electron chi connectivity index (χ2n) is 4.00. The molecule has 2 heterocycles. The molecule has 1 aliphatic heterocycles. The van der Waals surface area contributed by atoms with Gasteiger partial charge in [0.2, 0.25) is 0 Å². The van der Waals surface area contributed by atoms with Gasteiger partial charge in [-0.3, -0.25) is 4.79 Å². The smallest absolute Gasteiger partial charge is 0.257 e. The third kappa shape index (κ3) is 2.04. The van der Waals surface area contributed by atoms with Crippen molar-refractivity contribution in [2.24, 2.45) is 0 Å². The zero-order valence-corrected chi connectivity index (χ0v) is 9.12. The van der Waals surface area contributed by atoms with Crippen molar-refractivity contribution in [1.82, 2.24) is 10.2 Å². The number of hydrogen-bond donors (Lipinski definition) is 1. The van der Waals surface area contributed by atoms with E-state index in [1.807, 2.05) is 11.8 Å². The normalized spacial score (nSPS) is 21.7. The highest BCUT2D eigenvalue weighted by molar-refractivity contribution is 5.95. The molecule has 1 aromatic heterocycles. The predicted octanol–water partition coefficient (Wildman–Crippen LogP) is 1.02. The minimum absolute atomic E-state index is 0.0783. The lowest BCUT2D eigenvalue weighted by atomic mass is 10.2. The Morgan fingerprint density at radius 2 is 2.47 bits per heavy atom. The maximum atomic E-state index is 12.1. The van der Waals surface area contributed by atoms with Gasteiger partial charge in [-0.05, 0) is 19.9 Å². The predicted molar refractivity (Wildman–Crippen MR) is 56.8 cm³/mol. The van der Waals surface area contributed by atoms with Crippen LogP contribution in [0.3, 0.4) is 0 Å². The lowest BCUT2D eigenvalue weighted by Gasteiger charge is -2.31. The molecule has 1 amide bonds. The molecular formula is C11H16N2O2. The zero-order chi connectivity index (χ0) is 10.8. The van der Waals surface area contributed by atoms with Gasteiger partial charge in [-0.1, -0.05) is 0 Å². The van der Waals surface area contributed by atoms with Crippen molar-refractivity contribution in [1.29, 1.82) is 0 Å². The molecule has 4 heteroatoms. The summed E-state index contributed by atoms with van der Waals surface area (Å²) in [5.74, 6) is 0.779. The topological polar surface area (TPSA) is 45.5 Å². The van der Waals surface area contributed by atoms with E-state index in [9.17, 15) is 4.79 Å². The first-order valence-corrected chi connectivity index (χ1v) is 5.25. The average Bonchev–Trinajstić information content (AvgIpc) is 2.63. The fourth-order valence-corrected chi connectivity index (χ4v) is 1.89. The van der Waals surface area contributed by atoms with Crippen LogP contribution in [-0.2, 0) is 0 Å². The molecule has 82 valence electrons. The molecule has 1 N–H and O–H groups in total. The van der Waals surface area contributed by atoms with E-state index in [-0.39, 0.29) is 5.91 Å². The summed E-state index contributed by atoms with van der Waals surface area (Å²) in [6.45, 7) is 6.31. The molecule has 15 heavy (non-hydrogen) atoms. The number of nitrogens with zero attached hydrogens (tertiary/aromatic N) is 1. The second-order valence-corrected chi connectivity index (χ2v) is 4.00. The van der Waals surface area contributed by atoms with E-state index in [1.54, 1.807) is 12.3 Å². The Labute approximate surface area is 89.2 Å². The Bertz CT molecular complexity index is 359. The Morgan fingerprint density at radius 3 is 3.07 bits per heavy atom. The van der Waals surface area contributed by atoms with Crippen LogP contribution in [-0.4, -0.2) is 36.5 Å². The fraction of sp³-hybridized carbons (Fsp3) is 0.545. The number of amides is 1.